The minimum Gasteiger partial charge on any atom is -0.342 e. The van der Waals surface area contributed by atoms with Gasteiger partial charge in [-0.05, 0) is 44.4 Å². The van der Waals surface area contributed by atoms with Crippen LogP contribution in [0.25, 0.3) is 0 Å². The minimum atomic E-state index is -0.284. The Bertz CT molecular complexity index is 828. The summed E-state index contributed by atoms with van der Waals surface area (Å²) in [5, 5.41) is 3.32. The quantitative estimate of drug-likeness (QED) is 0.910. The second-order valence-electron chi connectivity index (χ2n) is 6.23. The van der Waals surface area contributed by atoms with E-state index >= 15 is 0 Å². The Labute approximate surface area is 151 Å². The van der Waals surface area contributed by atoms with Gasteiger partial charge in [-0.3, -0.25) is 14.2 Å². The largest absolute Gasteiger partial charge is 0.342 e. The molecule has 1 aliphatic heterocycles. The number of piperidine rings is 1. The lowest BCUT2D eigenvalue weighted by atomic mass is 10.1. The molecule has 2 aromatic rings. The molecule has 1 amide bonds. The molecule has 0 saturated carbocycles. The summed E-state index contributed by atoms with van der Waals surface area (Å²) < 4.78 is 1.44. The lowest BCUT2D eigenvalue weighted by Gasteiger charge is -2.29. The van der Waals surface area contributed by atoms with E-state index < -0.39 is 0 Å². The molecule has 0 bridgehead atoms. The number of nitrogens with zero attached hydrogens (tertiary/aromatic N) is 3. The maximum Gasteiger partial charge on any atom is 0.255 e. The molecule has 1 N–H and O–H groups in total. The molecule has 2 heterocycles. The summed E-state index contributed by atoms with van der Waals surface area (Å²) in [6.45, 7) is 3.42. The van der Waals surface area contributed by atoms with Crippen molar-refractivity contribution in [3.05, 3.63) is 51.4 Å². The van der Waals surface area contributed by atoms with E-state index in [2.05, 4.69) is 15.2 Å². The summed E-state index contributed by atoms with van der Waals surface area (Å²) in [7, 11) is 0. The minimum absolute atomic E-state index is 0.0789. The van der Waals surface area contributed by atoms with Gasteiger partial charge in [-0.25, -0.2) is 4.98 Å². The molecule has 1 aromatic heterocycles. The maximum absolute atomic E-state index is 12.4. The van der Waals surface area contributed by atoms with E-state index in [4.69, 9.17) is 11.6 Å². The Morgan fingerprint density at radius 3 is 2.72 bits per heavy atom. The van der Waals surface area contributed by atoms with Gasteiger partial charge in [-0.1, -0.05) is 17.7 Å². The third-order valence-corrected chi connectivity index (χ3v) is 4.40. The molecule has 25 heavy (non-hydrogen) atoms. The molecule has 0 atom stereocenters. The van der Waals surface area contributed by atoms with Gasteiger partial charge in [0, 0.05) is 35.6 Å². The summed E-state index contributed by atoms with van der Waals surface area (Å²) in [5.41, 5.74) is 1.05. The Hall–Kier alpha value is -2.34. The van der Waals surface area contributed by atoms with Gasteiger partial charge in [0.05, 0.1) is 0 Å². The third kappa shape index (κ3) is 4.39. The molecule has 7 heteroatoms. The number of nitrogens with one attached hydrogen (secondary N) is 1. The predicted octanol–water partition coefficient (Wildman–Crippen LogP) is 2.83. The highest BCUT2D eigenvalue weighted by molar-refractivity contribution is 6.30. The van der Waals surface area contributed by atoms with Crippen LogP contribution in [0.4, 0.5) is 11.6 Å². The number of carbonyl (C=O) groups is 1. The van der Waals surface area contributed by atoms with E-state index in [1.165, 1.54) is 17.1 Å². The molecule has 0 spiro atoms. The van der Waals surface area contributed by atoms with Gasteiger partial charge in [0.15, 0.2) is 0 Å². The van der Waals surface area contributed by atoms with E-state index in [1.54, 1.807) is 31.2 Å². The molecule has 1 fully saturated rings. The number of rotatable bonds is 4. The molecule has 1 aliphatic rings. The van der Waals surface area contributed by atoms with Gasteiger partial charge in [0.2, 0.25) is 11.9 Å². The van der Waals surface area contributed by atoms with Crippen molar-refractivity contribution in [2.45, 2.75) is 32.7 Å². The van der Waals surface area contributed by atoms with E-state index in [0.717, 1.165) is 25.9 Å². The van der Waals surface area contributed by atoms with Gasteiger partial charge in [-0.2, -0.15) is 0 Å². The van der Waals surface area contributed by atoms with Crippen molar-refractivity contribution in [2.24, 2.45) is 0 Å². The Kier molecular flexibility index (Phi) is 5.38. The molecule has 1 saturated heterocycles. The van der Waals surface area contributed by atoms with Gasteiger partial charge < -0.3 is 10.2 Å². The van der Waals surface area contributed by atoms with E-state index in [9.17, 15) is 9.59 Å². The lowest BCUT2D eigenvalue weighted by molar-refractivity contribution is -0.116. The standard InChI is InChI=1S/C18H21ClN4O2/c1-13-10-17(25)23(18(20-13)22-8-3-2-4-9-22)12-16(24)21-15-7-5-6-14(19)11-15/h5-7,10-11H,2-4,8-9,12H2,1H3,(H,21,24). The van der Waals surface area contributed by atoms with Gasteiger partial charge in [0.25, 0.3) is 5.56 Å². The first-order valence-electron chi connectivity index (χ1n) is 8.42. The summed E-state index contributed by atoms with van der Waals surface area (Å²) in [6, 6.07) is 8.38. The van der Waals surface area contributed by atoms with Crippen LogP contribution in [0.1, 0.15) is 25.0 Å². The number of hydrogen-bond donors (Lipinski definition) is 1. The SMILES string of the molecule is Cc1cc(=O)n(CC(=O)Nc2cccc(Cl)c2)c(N2CCCCC2)n1. The molecule has 3 rings (SSSR count). The first-order chi connectivity index (χ1) is 12.0. The smallest absolute Gasteiger partial charge is 0.255 e. The number of anilines is 2. The van der Waals surface area contributed by atoms with Gasteiger partial charge in [0.1, 0.15) is 6.54 Å². The van der Waals surface area contributed by atoms with Crippen LogP contribution < -0.4 is 15.8 Å². The fourth-order valence-corrected chi connectivity index (χ4v) is 3.19. The zero-order valence-corrected chi connectivity index (χ0v) is 14.9. The van der Waals surface area contributed by atoms with Crippen molar-refractivity contribution in [1.82, 2.24) is 9.55 Å². The molecule has 0 unspecified atom stereocenters. The highest BCUT2D eigenvalue weighted by atomic mass is 35.5. The molecule has 132 valence electrons. The first kappa shape index (κ1) is 17.5. The average Bonchev–Trinajstić information content (AvgIpc) is 2.58. The lowest BCUT2D eigenvalue weighted by Crippen LogP contribution is -2.38. The molecular formula is C18H21ClN4O2. The highest BCUT2D eigenvalue weighted by Crippen LogP contribution is 2.18. The van der Waals surface area contributed by atoms with Crippen molar-refractivity contribution in [3.63, 3.8) is 0 Å². The number of aromatic nitrogens is 2. The van der Waals surface area contributed by atoms with Crippen molar-refractivity contribution >= 4 is 29.1 Å². The van der Waals surface area contributed by atoms with Gasteiger partial charge in [-0.15, -0.1) is 0 Å². The normalized spacial score (nSPS) is 14.4. The number of amides is 1. The van der Waals surface area contributed by atoms with Crippen molar-refractivity contribution in [2.75, 3.05) is 23.3 Å². The zero-order chi connectivity index (χ0) is 17.8. The topological polar surface area (TPSA) is 67.2 Å². The molecule has 6 nitrogen and oxygen atoms in total. The van der Waals surface area contributed by atoms with Crippen LogP contribution in [0, 0.1) is 6.92 Å². The van der Waals surface area contributed by atoms with E-state index in [1.807, 2.05) is 0 Å². The number of carbonyl (C=O) groups excluding carboxylic acids is 1. The monoisotopic (exact) mass is 360 g/mol. The zero-order valence-electron chi connectivity index (χ0n) is 14.2. The first-order valence-corrected chi connectivity index (χ1v) is 8.79. The van der Waals surface area contributed by atoms with Crippen LogP contribution in [0.5, 0.6) is 0 Å². The van der Waals surface area contributed by atoms with Crippen LogP contribution in [0.3, 0.4) is 0 Å². The van der Waals surface area contributed by atoms with Crippen LogP contribution in [-0.4, -0.2) is 28.5 Å². The number of halogens is 1. The van der Waals surface area contributed by atoms with Crippen molar-refractivity contribution in [1.29, 1.82) is 0 Å². The summed E-state index contributed by atoms with van der Waals surface area (Å²) in [5.74, 6) is 0.291. The highest BCUT2D eigenvalue weighted by Gasteiger charge is 2.19. The summed E-state index contributed by atoms with van der Waals surface area (Å²) in [6.07, 6.45) is 3.32. The van der Waals surface area contributed by atoms with Crippen molar-refractivity contribution < 1.29 is 4.79 Å². The molecular weight excluding hydrogens is 340 g/mol. The van der Waals surface area contributed by atoms with Crippen LogP contribution >= 0.6 is 11.6 Å². The fraction of sp³-hybridized carbons (Fsp3) is 0.389. The van der Waals surface area contributed by atoms with Crippen molar-refractivity contribution in [3.8, 4) is 0 Å². The van der Waals surface area contributed by atoms with E-state index in [-0.39, 0.29) is 18.0 Å². The fourth-order valence-electron chi connectivity index (χ4n) is 3.00. The Morgan fingerprint density at radius 2 is 2.00 bits per heavy atom. The summed E-state index contributed by atoms with van der Waals surface area (Å²) >= 11 is 5.93. The van der Waals surface area contributed by atoms with Crippen LogP contribution in [0.15, 0.2) is 35.1 Å². The average molecular weight is 361 g/mol. The maximum atomic E-state index is 12.4. The molecule has 1 aromatic carbocycles. The predicted molar refractivity (Wildman–Crippen MR) is 99.4 cm³/mol. The third-order valence-electron chi connectivity index (χ3n) is 4.17. The Balaban J connectivity index is 1.83. The van der Waals surface area contributed by atoms with Crippen LogP contribution in [0.2, 0.25) is 5.02 Å². The number of benzene rings is 1. The molecule has 0 aliphatic carbocycles. The summed E-state index contributed by atoms with van der Waals surface area (Å²) in [4.78, 5) is 31.5. The van der Waals surface area contributed by atoms with E-state index in [0.29, 0.717) is 22.4 Å². The van der Waals surface area contributed by atoms with Gasteiger partial charge >= 0.3 is 0 Å². The second-order valence-corrected chi connectivity index (χ2v) is 6.66. The number of hydrogen-bond acceptors (Lipinski definition) is 4. The van der Waals surface area contributed by atoms with Crippen LogP contribution in [-0.2, 0) is 11.3 Å². The number of aryl methyl sites for hydroxylation is 1. The Morgan fingerprint density at radius 1 is 1.24 bits per heavy atom. The second kappa shape index (κ2) is 7.70. The molecule has 0 radical (unpaired) electrons.